The number of nitrogens with zero attached hydrogens (tertiary/aromatic N) is 1. The molecule has 2 aromatic carbocycles. The largest absolute Gasteiger partial charge is 0.483 e. The predicted molar refractivity (Wildman–Crippen MR) is 148 cm³/mol. The summed E-state index contributed by atoms with van der Waals surface area (Å²) in [6, 6.07) is 13.3. The number of rotatable bonds is 8. The summed E-state index contributed by atoms with van der Waals surface area (Å²) in [6.07, 6.45) is 5.49. The number of halogens is 2. The van der Waals surface area contributed by atoms with E-state index in [0.29, 0.717) is 12.3 Å². The summed E-state index contributed by atoms with van der Waals surface area (Å²) >= 11 is 7.07. The molecule has 7 heteroatoms. The van der Waals surface area contributed by atoms with E-state index in [4.69, 9.17) is 4.74 Å². The predicted octanol–water partition coefficient (Wildman–Crippen LogP) is 6.75. The topological polar surface area (TPSA) is 58.6 Å². The summed E-state index contributed by atoms with van der Waals surface area (Å²) in [5.74, 6) is 0.257. The Labute approximate surface area is 226 Å². The second kappa shape index (κ2) is 12.4. The monoisotopic (exact) mass is 606 g/mol. The zero-order chi connectivity index (χ0) is 25.6. The average Bonchev–Trinajstić information content (AvgIpc) is 2.81. The lowest BCUT2D eigenvalue weighted by molar-refractivity contribution is -0.142. The zero-order valence-electron chi connectivity index (χ0n) is 21.1. The molecule has 1 aliphatic carbocycles. The van der Waals surface area contributed by atoms with E-state index in [1.54, 1.807) is 11.8 Å². The standard InChI is InChI=1S/C28H36Br2N2O3/c1-19(27(34)31-23-11-6-5-7-12-23)32(17-20-9-8-10-22(29)15-20)26(33)18-35-25-14-13-21(16-24(25)30)28(2,3)4/h8-10,13-16,19,23H,5-7,11-12,17-18H2,1-4H3,(H,31,34)/t19-/m1/s1. The second-order valence-corrected chi connectivity index (χ2v) is 12.1. The molecule has 2 aromatic rings. The van der Waals surface area contributed by atoms with E-state index in [1.807, 2.05) is 42.5 Å². The van der Waals surface area contributed by atoms with Crippen LogP contribution in [0.3, 0.4) is 0 Å². The average molecular weight is 608 g/mol. The van der Waals surface area contributed by atoms with Gasteiger partial charge in [0.15, 0.2) is 6.61 Å². The minimum atomic E-state index is -0.612. The Bertz CT molecular complexity index is 1030. The Morgan fingerprint density at radius 2 is 1.80 bits per heavy atom. The van der Waals surface area contributed by atoms with E-state index < -0.39 is 6.04 Å². The zero-order valence-corrected chi connectivity index (χ0v) is 24.2. The van der Waals surface area contributed by atoms with Gasteiger partial charge in [0.1, 0.15) is 11.8 Å². The van der Waals surface area contributed by atoms with E-state index in [1.165, 1.54) is 12.0 Å². The third kappa shape index (κ3) is 8.07. The van der Waals surface area contributed by atoms with Gasteiger partial charge in [-0.3, -0.25) is 9.59 Å². The van der Waals surface area contributed by atoms with Crippen LogP contribution in [0.5, 0.6) is 5.75 Å². The van der Waals surface area contributed by atoms with Gasteiger partial charge in [-0.05, 0) is 76.5 Å². The van der Waals surface area contributed by atoms with Crippen molar-refractivity contribution in [3.63, 3.8) is 0 Å². The van der Waals surface area contributed by atoms with E-state index in [9.17, 15) is 9.59 Å². The highest BCUT2D eigenvalue weighted by molar-refractivity contribution is 9.10. The van der Waals surface area contributed by atoms with Gasteiger partial charge in [-0.25, -0.2) is 0 Å². The van der Waals surface area contributed by atoms with Crippen LogP contribution in [0.25, 0.3) is 0 Å². The third-order valence-electron chi connectivity index (χ3n) is 6.51. The van der Waals surface area contributed by atoms with Gasteiger partial charge in [0.2, 0.25) is 5.91 Å². The highest BCUT2D eigenvalue weighted by Gasteiger charge is 2.28. The Kier molecular flexibility index (Phi) is 9.82. The number of hydrogen-bond acceptors (Lipinski definition) is 3. The van der Waals surface area contributed by atoms with E-state index in [2.05, 4.69) is 57.9 Å². The van der Waals surface area contributed by atoms with Crippen LogP contribution < -0.4 is 10.1 Å². The Morgan fingerprint density at radius 1 is 1.09 bits per heavy atom. The summed E-state index contributed by atoms with van der Waals surface area (Å²) < 4.78 is 7.65. The molecule has 35 heavy (non-hydrogen) atoms. The number of benzene rings is 2. The summed E-state index contributed by atoms with van der Waals surface area (Å²) in [5.41, 5.74) is 2.13. The maximum atomic E-state index is 13.4. The fourth-order valence-corrected chi connectivity index (χ4v) is 5.23. The van der Waals surface area contributed by atoms with Crippen molar-refractivity contribution in [2.24, 2.45) is 0 Å². The third-order valence-corrected chi connectivity index (χ3v) is 7.62. The van der Waals surface area contributed by atoms with Crippen LogP contribution in [0.2, 0.25) is 0 Å². The van der Waals surface area contributed by atoms with E-state index in [0.717, 1.165) is 40.2 Å². The lowest BCUT2D eigenvalue weighted by atomic mass is 9.87. The first kappa shape index (κ1) is 27.7. The van der Waals surface area contributed by atoms with Gasteiger partial charge < -0.3 is 15.0 Å². The van der Waals surface area contributed by atoms with Gasteiger partial charge in [0.05, 0.1) is 4.47 Å². The van der Waals surface area contributed by atoms with Crippen molar-refractivity contribution in [2.45, 2.75) is 83.8 Å². The molecule has 1 aliphatic rings. The number of carbonyl (C=O) groups excluding carboxylic acids is 2. The molecule has 0 radical (unpaired) electrons. The summed E-state index contributed by atoms with van der Waals surface area (Å²) in [5, 5.41) is 3.16. The fraction of sp³-hybridized carbons (Fsp3) is 0.500. The number of amides is 2. The molecule has 0 aliphatic heterocycles. The van der Waals surface area contributed by atoms with E-state index in [-0.39, 0.29) is 29.9 Å². The number of ether oxygens (including phenoxy) is 1. The molecule has 1 atom stereocenters. The maximum Gasteiger partial charge on any atom is 0.261 e. The molecule has 3 rings (SSSR count). The van der Waals surface area contributed by atoms with Gasteiger partial charge >= 0.3 is 0 Å². The highest BCUT2D eigenvalue weighted by Crippen LogP contribution is 2.31. The van der Waals surface area contributed by atoms with Crippen molar-refractivity contribution in [2.75, 3.05) is 6.61 Å². The number of nitrogens with one attached hydrogen (secondary N) is 1. The minimum Gasteiger partial charge on any atom is -0.483 e. The molecular weight excluding hydrogens is 572 g/mol. The molecule has 0 bridgehead atoms. The first-order valence-corrected chi connectivity index (χ1v) is 13.9. The molecule has 1 N–H and O–H groups in total. The maximum absolute atomic E-state index is 13.4. The van der Waals surface area contributed by atoms with Crippen molar-refractivity contribution in [1.82, 2.24) is 10.2 Å². The molecule has 0 spiro atoms. The Balaban J connectivity index is 1.73. The van der Waals surface area contributed by atoms with E-state index >= 15 is 0 Å². The Morgan fingerprint density at radius 3 is 2.43 bits per heavy atom. The molecular formula is C28H36Br2N2O3. The van der Waals surface area contributed by atoms with Crippen molar-refractivity contribution in [1.29, 1.82) is 0 Å². The molecule has 1 fully saturated rings. The normalized spacial score (nSPS) is 15.4. The van der Waals surface area contributed by atoms with Crippen LogP contribution in [0.4, 0.5) is 0 Å². The molecule has 190 valence electrons. The molecule has 2 amide bonds. The van der Waals surface area contributed by atoms with Crippen LogP contribution >= 0.6 is 31.9 Å². The molecule has 0 heterocycles. The van der Waals surface area contributed by atoms with Crippen LogP contribution in [-0.4, -0.2) is 35.4 Å². The summed E-state index contributed by atoms with van der Waals surface area (Å²) in [4.78, 5) is 28.1. The highest BCUT2D eigenvalue weighted by atomic mass is 79.9. The van der Waals surface area contributed by atoms with Gasteiger partial charge in [0.25, 0.3) is 5.91 Å². The molecule has 5 nitrogen and oxygen atoms in total. The van der Waals surface area contributed by atoms with Crippen LogP contribution in [0, 0.1) is 0 Å². The number of carbonyl (C=O) groups is 2. The van der Waals surface area contributed by atoms with Gasteiger partial charge in [0, 0.05) is 17.1 Å². The minimum absolute atomic E-state index is 0.0127. The quantitative estimate of drug-likeness (QED) is 0.361. The van der Waals surface area contributed by atoms with Gasteiger partial charge in [-0.2, -0.15) is 0 Å². The summed E-state index contributed by atoms with van der Waals surface area (Å²) in [6.45, 7) is 8.42. The smallest absolute Gasteiger partial charge is 0.261 e. The lowest BCUT2D eigenvalue weighted by Crippen LogP contribution is -2.51. The van der Waals surface area contributed by atoms with Gasteiger partial charge in [-0.15, -0.1) is 0 Å². The Hall–Kier alpha value is -1.86. The first-order valence-electron chi connectivity index (χ1n) is 12.3. The fourth-order valence-electron chi connectivity index (χ4n) is 4.29. The first-order chi connectivity index (χ1) is 16.5. The molecule has 0 saturated heterocycles. The molecule has 0 aromatic heterocycles. The van der Waals surface area contributed by atoms with Crippen molar-refractivity contribution in [3.05, 3.63) is 62.5 Å². The number of hydrogen-bond donors (Lipinski definition) is 1. The van der Waals surface area contributed by atoms with Gasteiger partial charge in [-0.1, -0.05) is 74.2 Å². The second-order valence-electron chi connectivity index (χ2n) is 10.4. The SMILES string of the molecule is C[C@H](C(=O)NC1CCCCC1)N(Cc1cccc(Br)c1)C(=O)COc1ccc(C(C)(C)C)cc1Br. The van der Waals surface area contributed by atoms with Crippen molar-refractivity contribution >= 4 is 43.7 Å². The van der Waals surface area contributed by atoms with Crippen molar-refractivity contribution in [3.8, 4) is 5.75 Å². The lowest BCUT2D eigenvalue weighted by Gasteiger charge is -2.31. The van der Waals surface area contributed by atoms with Crippen LogP contribution in [0.1, 0.15) is 70.9 Å². The molecule has 1 saturated carbocycles. The summed E-state index contributed by atoms with van der Waals surface area (Å²) in [7, 11) is 0. The van der Waals surface area contributed by atoms with Crippen LogP contribution in [0.15, 0.2) is 51.4 Å². The van der Waals surface area contributed by atoms with Crippen LogP contribution in [-0.2, 0) is 21.5 Å². The van der Waals surface area contributed by atoms with Crippen molar-refractivity contribution < 1.29 is 14.3 Å². The molecule has 0 unspecified atom stereocenters.